The highest BCUT2D eigenvalue weighted by Crippen LogP contribution is 2.27. The van der Waals surface area contributed by atoms with Crippen LogP contribution in [0.15, 0.2) is 0 Å². The van der Waals surface area contributed by atoms with Crippen LogP contribution in [0.2, 0.25) is 0 Å². The van der Waals surface area contributed by atoms with E-state index in [0.29, 0.717) is 12.0 Å². The van der Waals surface area contributed by atoms with Gasteiger partial charge >= 0.3 is 0 Å². The van der Waals surface area contributed by atoms with Crippen molar-refractivity contribution in [1.29, 1.82) is 0 Å². The number of hydrogen-bond donors (Lipinski definition) is 1. The molecule has 1 nitrogen and oxygen atoms in total. The first kappa shape index (κ1) is 14.0. The third kappa shape index (κ3) is 8.55. The van der Waals surface area contributed by atoms with Gasteiger partial charge < -0.3 is 5.11 Å². The van der Waals surface area contributed by atoms with Crippen LogP contribution in [0.4, 0.5) is 0 Å². The van der Waals surface area contributed by atoms with Crippen LogP contribution >= 0.6 is 0 Å². The molecule has 0 aromatic rings. The molecule has 0 amide bonds. The molecule has 0 fully saturated rings. The average Bonchev–Trinajstić information content (AvgIpc) is 2.09. The minimum absolute atomic E-state index is 0.357. The maximum Gasteiger partial charge on any atom is 0.0431 e. The van der Waals surface area contributed by atoms with Crippen molar-refractivity contribution in [3.63, 3.8) is 0 Å². The van der Waals surface area contributed by atoms with Gasteiger partial charge in [-0.1, -0.05) is 47.0 Å². The lowest BCUT2D eigenvalue weighted by Crippen LogP contribution is -2.09. The fraction of sp³-hybridized carbons (Fsp3) is 1.00. The van der Waals surface area contributed by atoms with Gasteiger partial charge in [-0.25, -0.2) is 0 Å². The molecule has 0 heterocycles. The summed E-state index contributed by atoms with van der Waals surface area (Å²) in [6, 6.07) is 0. The van der Waals surface area contributed by atoms with Gasteiger partial charge in [-0.2, -0.15) is 0 Å². The number of unbranched alkanes of at least 4 members (excludes halogenated alkanes) is 1. The molecular weight excluding hydrogens is 172 g/mol. The van der Waals surface area contributed by atoms with E-state index in [1.54, 1.807) is 0 Å². The first-order chi connectivity index (χ1) is 6.49. The Morgan fingerprint density at radius 2 is 1.71 bits per heavy atom. The molecule has 0 unspecified atom stereocenters. The van der Waals surface area contributed by atoms with Crippen LogP contribution in [0.1, 0.15) is 66.2 Å². The summed E-state index contributed by atoms with van der Waals surface area (Å²) in [4.78, 5) is 0. The van der Waals surface area contributed by atoms with E-state index in [4.69, 9.17) is 5.11 Å². The molecule has 0 saturated heterocycles. The smallest absolute Gasteiger partial charge is 0.0431 e. The normalized spacial score (nSPS) is 14.4. The van der Waals surface area contributed by atoms with Crippen LogP contribution in [-0.2, 0) is 0 Å². The molecule has 0 rings (SSSR count). The van der Waals surface area contributed by atoms with Crippen LogP contribution in [0.25, 0.3) is 0 Å². The van der Waals surface area contributed by atoms with E-state index < -0.39 is 0 Å². The van der Waals surface area contributed by atoms with Crippen LogP contribution in [0.5, 0.6) is 0 Å². The van der Waals surface area contributed by atoms with Gasteiger partial charge in [0.1, 0.15) is 0 Å². The van der Waals surface area contributed by atoms with Crippen molar-refractivity contribution in [2.24, 2.45) is 11.3 Å². The summed E-state index contributed by atoms with van der Waals surface area (Å²) >= 11 is 0. The van der Waals surface area contributed by atoms with Crippen LogP contribution < -0.4 is 0 Å². The van der Waals surface area contributed by atoms with Crippen LogP contribution in [0.3, 0.4) is 0 Å². The third-order valence-corrected chi connectivity index (χ3v) is 2.90. The molecule has 0 radical (unpaired) electrons. The van der Waals surface area contributed by atoms with E-state index in [-0.39, 0.29) is 0 Å². The predicted molar refractivity (Wildman–Crippen MR) is 63.4 cm³/mol. The highest BCUT2D eigenvalue weighted by Gasteiger charge is 2.13. The summed E-state index contributed by atoms with van der Waals surface area (Å²) in [7, 11) is 0. The van der Waals surface area contributed by atoms with E-state index in [9.17, 15) is 0 Å². The Morgan fingerprint density at radius 3 is 2.14 bits per heavy atom. The molecule has 0 spiro atoms. The van der Waals surface area contributed by atoms with Gasteiger partial charge in [-0.3, -0.25) is 0 Å². The number of aliphatic hydroxyl groups is 1. The van der Waals surface area contributed by atoms with Crippen molar-refractivity contribution in [2.45, 2.75) is 66.2 Å². The Bertz CT molecular complexity index is 124. The maximum absolute atomic E-state index is 8.71. The summed E-state index contributed by atoms with van der Waals surface area (Å²) < 4.78 is 0. The maximum atomic E-state index is 8.71. The van der Waals surface area contributed by atoms with Gasteiger partial charge in [0.25, 0.3) is 0 Å². The summed E-state index contributed by atoms with van der Waals surface area (Å²) in [6.07, 6.45) is 7.44. The lowest BCUT2D eigenvalue weighted by Gasteiger charge is -2.22. The molecular formula is C13H28O. The van der Waals surface area contributed by atoms with Gasteiger partial charge in [0, 0.05) is 6.61 Å². The van der Waals surface area contributed by atoms with Crippen molar-refractivity contribution in [3.05, 3.63) is 0 Å². The Hall–Kier alpha value is -0.0400. The second kappa shape index (κ2) is 7.28. The summed E-state index contributed by atoms with van der Waals surface area (Å²) in [5.74, 6) is 0.876. The topological polar surface area (TPSA) is 20.2 Å². The van der Waals surface area contributed by atoms with Crippen molar-refractivity contribution < 1.29 is 5.11 Å². The molecule has 1 atom stereocenters. The average molecular weight is 200 g/mol. The van der Waals surface area contributed by atoms with Gasteiger partial charge in [0.2, 0.25) is 0 Å². The highest BCUT2D eigenvalue weighted by atomic mass is 16.2. The molecule has 0 aromatic carbocycles. The van der Waals surface area contributed by atoms with Crippen molar-refractivity contribution >= 4 is 0 Å². The van der Waals surface area contributed by atoms with E-state index in [1.807, 2.05) is 0 Å². The molecule has 0 aliphatic carbocycles. The second-order valence-electron chi connectivity index (χ2n) is 5.59. The van der Waals surface area contributed by atoms with Gasteiger partial charge in [-0.05, 0) is 30.6 Å². The lowest BCUT2D eigenvalue weighted by molar-refractivity contribution is 0.266. The van der Waals surface area contributed by atoms with Crippen molar-refractivity contribution in [2.75, 3.05) is 6.61 Å². The Balaban J connectivity index is 3.58. The third-order valence-electron chi connectivity index (χ3n) is 2.90. The summed E-state index contributed by atoms with van der Waals surface area (Å²) in [5, 5.41) is 8.71. The predicted octanol–water partition coefficient (Wildman–Crippen LogP) is 4.00. The zero-order chi connectivity index (χ0) is 11.0. The quantitative estimate of drug-likeness (QED) is 0.616. The molecule has 1 N–H and O–H groups in total. The van der Waals surface area contributed by atoms with E-state index in [0.717, 1.165) is 12.3 Å². The van der Waals surface area contributed by atoms with Gasteiger partial charge in [0.05, 0.1) is 0 Å². The first-order valence-electron chi connectivity index (χ1n) is 6.10. The SMILES string of the molecule is CC[C@@H](CCCCO)CCC(C)(C)C. The largest absolute Gasteiger partial charge is 0.396 e. The fourth-order valence-corrected chi connectivity index (χ4v) is 1.73. The van der Waals surface area contributed by atoms with Gasteiger partial charge in [-0.15, -0.1) is 0 Å². The van der Waals surface area contributed by atoms with Crippen molar-refractivity contribution in [3.8, 4) is 0 Å². The molecule has 0 aromatic heterocycles. The van der Waals surface area contributed by atoms with Crippen molar-refractivity contribution in [1.82, 2.24) is 0 Å². The van der Waals surface area contributed by atoms with E-state index in [1.165, 1.54) is 32.1 Å². The molecule has 0 aliphatic rings. The summed E-state index contributed by atoms with van der Waals surface area (Å²) in [5.41, 5.74) is 0.477. The molecule has 86 valence electrons. The molecule has 14 heavy (non-hydrogen) atoms. The zero-order valence-electron chi connectivity index (χ0n) is 10.5. The van der Waals surface area contributed by atoms with E-state index >= 15 is 0 Å². The Kier molecular flexibility index (Phi) is 7.26. The highest BCUT2D eigenvalue weighted by molar-refractivity contribution is 4.66. The molecule has 0 bridgehead atoms. The Morgan fingerprint density at radius 1 is 1.07 bits per heavy atom. The zero-order valence-corrected chi connectivity index (χ0v) is 10.5. The number of hydrogen-bond acceptors (Lipinski definition) is 1. The molecule has 0 aliphatic heterocycles. The molecule has 1 heteroatoms. The lowest BCUT2D eigenvalue weighted by atomic mass is 9.84. The number of aliphatic hydroxyl groups excluding tert-OH is 1. The Labute approximate surface area is 89.9 Å². The molecule has 0 saturated carbocycles. The first-order valence-corrected chi connectivity index (χ1v) is 6.10. The van der Waals surface area contributed by atoms with Gasteiger partial charge in [0.15, 0.2) is 0 Å². The monoisotopic (exact) mass is 200 g/mol. The van der Waals surface area contributed by atoms with Crippen LogP contribution in [0, 0.1) is 11.3 Å². The number of rotatable bonds is 7. The minimum Gasteiger partial charge on any atom is -0.396 e. The van der Waals surface area contributed by atoms with Crippen LogP contribution in [-0.4, -0.2) is 11.7 Å². The minimum atomic E-state index is 0.357. The summed E-state index contributed by atoms with van der Waals surface area (Å²) in [6.45, 7) is 9.58. The standard InChI is InChI=1S/C13H28O/c1-5-12(8-6-7-11-14)9-10-13(2,3)4/h12,14H,5-11H2,1-4H3/t12-/m0/s1. The fourth-order valence-electron chi connectivity index (χ4n) is 1.73. The second-order valence-corrected chi connectivity index (χ2v) is 5.59. The van der Waals surface area contributed by atoms with E-state index in [2.05, 4.69) is 27.7 Å².